The number of fused-ring (bicyclic) bond motifs is 1. The molecular formula is C8H15NO2. The van der Waals surface area contributed by atoms with Gasteiger partial charge in [0.15, 0.2) is 5.79 Å². The summed E-state index contributed by atoms with van der Waals surface area (Å²) in [6.45, 7) is 7.00. The summed E-state index contributed by atoms with van der Waals surface area (Å²) in [5, 5.41) is 3.31. The van der Waals surface area contributed by atoms with Crippen molar-refractivity contribution in [2.45, 2.75) is 44.8 Å². The molecule has 0 bridgehead atoms. The maximum atomic E-state index is 5.70. The number of hydrogen-bond donors (Lipinski definition) is 1. The van der Waals surface area contributed by atoms with E-state index in [0.29, 0.717) is 6.04 Å². The monoisotopic (exact) mass is 157 g/mol. The average Bonchev–Trinajstić information content (AvgIpc) is 2.31. The van der Waals surface area contributed by atoms with Crippen LogP contribution in [0.1, 0.15) is 20.8 Å². The SMILES string of the molecule is C[C@@H]1NC[C@H]2OC(C)(C)O[C@@H]12. The number of nitrogens with one attached hydrogen (secondary N) is 1. The topological polar surface area (TPSA) is 30.5 Å². The first-order valence-corrected chi connectivity index (χ1v) is 4.17. The molecule has 3 heteroatoms. The quantitative estimate of drug-likeness (QED) is 0.555. The summed E-state index contributed by atoms with van der Waals surface area (Å²) in [4.78, 5) is 0. The van der Waals surface area contributed by atoms with Gasteiger partial charge in [-0.2, -0.15) is 0 Å². The number of hydrogen-bond acceptors (Lipinski definition) is 3. The smallest absolute Gasteiger partial charge is 0.163 e. The van der Waals surface area contributed by atoms with E-state index in [9.17, 15) is 0 Å². The molecule has 2 rings (SSSR count). The summed E-state index contributed by atoms with van der Waals surface area (Å²) < 4.78 is 11.4. The molecule has 0 aromatic heterocycles. The molecule has 2 saturated heterocycles. The lowest BCUT2D eigenvalue weighted by Crippen LogP contribution is -2.32. The van der Waals surface area contributed by atoms with Crippen molar-refractivity contribution >= 4 is 0 Å². The van der Waals surface area contributed by atoms with E-state index < -0.39 is 0 Å². The van der Waals surface area contributed by atoms with Crippen LogP contribution in [0.25, 0.3) is 0 Å². The Balaban J connectivity index is 2.10. The van der Waals surface area contributed by atoms with Crippen LogP contribution in [0.5, 0.6) is 0 Å². The van der Waals surface area contributed by atoms with Crippen LogP contribution in [-0.2, 0) is 9.47 Å². The molecule has 0 spiro atoms. The summed E-state index contributed by atoms with van der Waals surface area (Å²) in [5.74, 6) is -0.369. The summed E-state index contributed by atoms with van der Waals surface area (Å²) in [6.07, 6.45) is 0.519. The maximum absolute atomic E-state index is 5.70. The first-order chi connectivity index (χ1) is 5.08. The minimum Gasteiger partial charge on any atom is -0.343 e. The highest BCUT2D eigenvalue weighted by Crippen LogP contribution is 2.32. The molecule has 2 aliphatic rings. The third-order valence-corrected chi connectivity index (χ3v) is 2.36. The van der Waals surface area contributed by atoms with Crippen LogP contribution in [0.2, 0.25) is 0 Å². The average molecular weight is 157 g/mol. The molecule has 64 valence electrons. The standard InChI is InChI=1S/C8H15NO2/c1-5-7-6(4-9-5)10-8(2,3)11-7/h5-7,9H,4H2,1-3H3/t5-,6+,7-/m0/s1. The van der Waals surface area contributed by atoms with Crippen molar-refractivity contribution < 1.29 is 9.47 Å². The van der Waals surface area contributed by atoms with Gasteiger partial charge in [-0.3, -0.25) is 0 Å². The molecule has 0 aliphatic carbocycles. The van der Waals surface area contributed by atoms with Crippen LogP contribution in [0.15, 0.2) is 0 Å². The van der Waals surface area contributed by atoms with Crippen LogP contribution in [0.3, 0.4) is 0 Å². The Hall–Kier alpha value is -0.120. The number of ether oxygens (including phenoxy) is 2. The van der Waals surface area contributed by atoms with Gasteiger partial charge >= 0.3 is 0 Å². The lowest BCUT2D eigenvalue weighted by atomic mass is 10.2. The van der Waals surface area contributed by atoms with Gasteiger partial charge in [-0.15, -0.1) is 0 Å². The van der Waals surface area contributed by atoms with E-state index >= 15 is 0 Å². The highest BCUT2D eigenvalue weighted by molar-refractivity contribution is 4.95. The normalized spacial score (nSPS) is 47.7. The molecule has 0 saturated carbocycles. The van der Waals surface area contributed by atoms with E-state index in [1.165, 1.54) is 0 Å². The molecule has 3 atom stereocenters. The molecule has 0 radical (unpaired) electrons. The molecule has 0 amide bonds. The largest absolute Gasteiger partial charge is 0.343 e. The maximum Gasteiger partial charge on any atom is 0.163 e. The van der Waals surface area contributed by atoms with E-state index in [4.69, 9.17) is 9.47 Å². The Labute approximate surface area is 67.1 Å². The predicted octanol–water partition coefficient (Wildman–Crippen LogP) is 0.498. The third kappa shape index (κ3) is 1.17. The molecule has 1 N–H and O–H groups in total. The van der Waals surface area contributed by atoms with Crippen molar-refractivity contribution in [3.63, 3.8) is 0 Å². The molecule has 11 heavy (non-hydrogen) atoms. The van der Waals surface area contributed by atoms with Gasteiger partial charge in [0.25, 0.3) is 0 Å². The Morgan fingerprint density at radius 1 is 1.36 bits per heavy atom. The fraction of sp³-hybridized carbons (Fsp3) is 1.00. The summed E-state index contributed by atoms with van der Waals surface area (Å²) in [5.41, 5.74) is 0. The van der Waals surface area contributed by atoms with Crippen molar-refractivity contribution in [1.82, 2.24) is 5.32 Å². The zero-order chi connectivity index (χ0) is 8.06. The number of rotatable bonds is 0. The third-order valence-electron chi connectivity index (χ3n) is 2.36. The van der Waals surface area contributed by atoms with Crippen LogP contribution in [0.4, 0.5) is 0 Å². The highest BCUT2D eigenvalue weighted by Gasteiger charge is 2.47. The zero-order valence-electron chi connectivity index (χ0n) is 7.26. The van der Waals surface area contributed by atoms with Crippen LogP contribution >= 0.6 is 0 Å². The summed E-state index contributed by atoms with van der Waals surface area (Å²) in [7, 11) is 0. The molecule has 2 heterocycles. The molecule has 2 fully saturated rings. The van der Waals surface area contributed by atoms with Gasteiger partial charge in [0.2, 0.25) is 0 Å². The van der Waals surface area contributed by atoms with Gasteiger partial charge in [-0.1, -0.05) is 0 Å². The Morgan fingerprint density at radius 3 is 2.73 bits per heavy atom. The van der Waals surface area contributed by atoms with E-state index in [2.05, 4.69) is 12.2 Å². The van der Waals surface area contributed by atoms with Crippen molar-refractivity contribution in [3.8, 4) is 0 Å². The van der Waals surface area contributed by atoms with E-state index in [1.807, 2.05) is 13.8 Å². The van der Waals surface area contributed by atoms with Crippen LogP contribution < -0.4 is 5.32 Å². The first-order valence-electron chi connectivity index (χ1n) is 4.17. The fourth-order valence-corrected chi connectivity index (χ4v) is 1.86. The Kier molecular flexibility index (Phi) is 1.50. The lowest BCUT2D eigenvalue weighted by Gasteiger charge is -2.20. The second-order valence-electron chi connectivity index (χ2n) is 3.84. The lowest BCUT2D eigenvalue weighted by molar-refractivity contribution is -0.152. The fourth-order valence-electron chi connectivity index (χ4n) is 1.86. The minimum atomic E-state index is -0.369. The molecule has 0 aromatic rings. The van der Waals surface area contributed by atoms with Gasteiger partial charge in [0.05, 0.1) is 0 Å². The van der Waals surface area contributed by atoms with Crippen LogP contribution in [-0.4, -0.2) is 30.6 Å². The zero-order valence-corrected chi connectivity index (χ0v) is 7.26. The van der Waals surface area contributed by atoms with Crippen molar-refractivity contribution in [2.24, 2.45) is 0 Å². The molecule has 0 aromatic carbocycles. The van der Waals surface area contributed by atoms with E-state index in [-0.39, 0.29) is 18.0 Å². The van der Waals surface area contributed by atoms with E-state index in [0.717, 1.165) is 6.54 Å². The van der Waals surface area contributed by atoms with Gasteiger partial charge in [-0.05, 0) is 20.8 Å². The van der Waals surface area contributed by atoms with Gasteiger partial charge in [0, 0.05) is 12.6 Å². The summed E-state index contributed by atoms with van der Waals surface area (Å²) in [6, 6.07) is 0.432. The second-order valence-corrected chi connectivity index (χ2v) is 3.84. The first kappa shape index (κ1) is 7.53. The Bertz CT molecular complexity index is 169. The highest BCUT2D eigenvalue weighted by atomic mass is 16.8. The van der Waals surface area contributed by atoms with Gasteiger partial charge in [-0.25, -0.2) is 0 Å². The second kappa shape index (κ2) is 2.19. The summed E-state index contributed by atoms with van der Waals surface area (Å²) >= 11 is 0. The molecule has 2 aliphatic heterocycles. The van der Waals surface area contributed by atoms with Gasteiger partial charge in [0.1, 0.15) is 12.2 Å². The van der Waals surface area contributed by atoms with E-state index in [1.54, 1.807) is 0 Å². The van der Waals surface area contributed by atoms with Crippen molar-refractivity contribution in [1.29, 1.82) is 0 Å². The molecular weight excluding hydrogens is 142 g/mol. The predicted molar refractivity (Wildman–Crippen MR) is 41.3 cm³/mol. The van der Waals surface area contributed by atoms with Gasteiger partial charge < -0.3 is 14.8 Å². The van der Waals surface area contributed by atoms with Crippen molar-refractivity contribution in [2.75, 3.05) is 6.54 Å². The minimum absolute atomic E-state index is 0.255. The van der Waals surface area contributed by atoms with Crippen LogP contribution in [0, 0.1) is 0 Å². The molecule has 3 nitrogen and oxygen atoms in total. The Morgan fingerprint density at radius 2 is 2.09 bits per heavy atom. The van der Waals surface area contributed by atoms with Crippen molar-refractivity contribution in [3.05, 3.63) is 0 Å². The molecule has 0 unspecified atom stereocenters.